The predicted molar refractivity (Wildman–Crippen MR) is 175 cm³/mol. The number of hydrogen-bond acceptors (Lipinski definition) is 8. The van der Waals surface area contributed by atoms with Gasteiger partial charge in [0.05, 0.1) is 34.3 Å². The molecule has 0 bridgehead atoms. The number of esters is 1. The molecule has 0 saturated heterocycles. The van der Waals surface area contributed by atoms with E-state index in [-0.39, 0.29) is 44.8 Å². The van der Waals surface area contributed by atoms with E-state index in [1.807, 2.05) is 0 Å². The molecule has 0 atom stereocenters. The number of benzene rings is 2. The van der Waals surface area contributed by atoms with Gasteiger partial charge in [0.15, 0.2) is 5.78 Å². The Balaban J connectivity index is 0.000000185. The van der Waals surface area contributed by atoms with E-state index in [0.717, 1.165) is 38.5 Å². The van der Waals surface area contributed by atoms with E-state index in [0.29, 0.717) is 53.4 Å². The summed E-state index contributed by atoms with van der Waals surface area (Å²) in [6, 6.07) is 10.2. The minimum Gasteiger partial charge on any atom is -0.462 e. The number of hydrogen-bond donors (Lipinski definition) is 1. The van der Waals surface area contributed by atoms with Gasteiger partial charge in [-0.3, -0.25) is 4.79 Å². The van der Waals surface area contributed by atoms with Gasteiger partial charge in [-0.05, 0) is 55.9 Å². The van der Waals surface area contributed by atoms with Gasteiger partial charge < -0.3 is 10.5 Å². The van der Waals surface area contributed by atoms with Crippen LogP contribution in [0.3, 0.4) is 0 Å². The van der Waals surface area contributed by atoms with Crippen LogP contribution >= 0.6 is 23.2 Å². The molecule has 2 fully saturated rings. The predicted octanol–water partition coefficient (Wildman–Crippen LogP) is 7.19. The van der Waals surface area contributed by atoms with E-state index in [1.165, 1.54) is 24.8 Å². The lowest BCUT2D eigenvalue weighted by molar-refractivity contribution is 0.0525. The highest BCUT2D eigenvalue weighted by molar-refractivity contribution is 6.31. The zero-order valence-electron chi connectivity index (χ0n) is 25.9. The third-order valence-corrected chi connectivity index (χ3v) is 9.67. The third-order valence-electron chi connectivity index (χ3n) is 9.09. The normalized spacial score (nSPS) is 15.8. The zero-order chi connectivity index (χ0) is 33.6. The van der Waals surface area contributed by atoms with Crippen molar-refractivity contribution in [3.63, 3.8) is 0 Å². The van der Waals surface area contributed by atoms with Gasteiger partial charge in [-0.1, -0.05) is 60.3 Å². The summed E-state index contributed by atoms with van der Waals surface area (Å²) in [4.78, 5) is 40.2. The Hall–Kier alpha value is -3.86. The zero-order valence-corrected chi connectivity index (χ0v) is 27.5. The van der Waals surface area contributed by atoms with Crippen LogP contribution in [0.2, 0.25) is 10.0 Å². The Morgan fingerprint density at radius 2 is 1.19 bits per heavy atom. The first kappa shape index (κ1) is 34.5. The lowest BCUT2D eigenvalue weighted by Crippen LogP contribution is -2.38. The summed E-state index contributed by atoms with van der Waals surface area (Å²) < 4.78 is 33.8. The standard InChI is InChI=1S/C18H18ClFN2O2.C17H17ClFN3O/c1-2-24-17(23)12-10-21-15(22-11-12)9-18(7-4-8-18)13-5-3-6-14(19)16(13)20;18-13-4-1-3-12(16(13)19)17(5-2-6-17)7-15-21-9-11(10-22-15)14(23)8-20/h3,5-6,10-11H,2,4,7-9H2,1H3;1,3-4,9-10H,2,5-8,20H2. The van der Waals surface area contributed by atoms with Crippen molar-refractivity contribution < 1.29 is 23.1 Å². The molecule has 0 aliphatic heterocycles. The topological polar surface area (TPSA) is 121 Å². The van der Waals surface area contributed by atoms with E-state index in [1.54, 1.807) is 43.3 Å². The van der Waals surface area contributed by atoms with E-state index in [9.17, 15) is 18.4 Å². The molecule has 2 aliphatic rings. The molecular formula is C35H35Cl2F2N5O3. The molecule has 2 heterocycles. The van der Waals surface area contributed by atoms with Crippen molar-refractivity contribution in [2.75, 3.05) is 13.2 Å². The summed E-state index contributed by atoms with van der Waals surface area (Å²) in [5.74, 6) is -0.176. The van der Waals surface area contributed by atoms with Gasteiger partial charge in [-0.2, -0.15) is 0 Å². The first-order valence-electron chi connectivity index (χ1n) is 15.5. The molecule has 0 spiro atoms. The summed E-state index contributed by atoms with van der Waals surface area (Å²) in [7, 11) is 0. The van der Waals surface area contributed by atoms with Crippen LogP contribution in [0.5, 0.6) is 0 Å². The minimum absolute atomic E-state index is 0.0691. The van der Waals surface area contributed by atoms with Gasteiger partial charge >= 0.3 is 5.97 Å². The lowest BCUT2D eigenvalue weighted by atomic mass is 9.62. The molecule has 6 rings (SSSR count). The summed E-state index contributed by atoms with van der Waals surface area (Å²) in [5, 5.41) is 0.274. The van der Waals surface area contributed by atoms with Gasteiger partial charge in [0.25, 0.3) is 0 Å². The van der Waals surface area contributed by atoms with Crippen molar-refractivity contribution in [1.29, 1.82) is 0 Å². The number of carbonyl (C=O) groups excluding carboxylic acids is 2. The van der Waals surface area contributed by atoms with Crippen LogP contribution in [0.1, 0.15) is 88.9 Å². The second-order valence-corrected chi connectivity index (χ2v) is 12.8. The van der Waals surface area contributed by atoms with Crippen molar-refractivity contribution in [1.82, 2.24) is 19.9 Å². The van der Waals surface area contributed by atoms with Gasteiger partial charge in [-0.25, -0.2) is 33.5 Å². The van der Waals surface area contributed by atoms with Crippen molar-refractivity contribution in [3.8, 4) is 0 Å². The molecule has 47 heavy (non-hydrogen) atoms. The van der Waals surface area contributed by atoms with Crippen LogP contribution in [0.25, 0.3) is 0 Å². The van der Waals surface area contributed by atoms with Crippen molar-refractivity contribution in [2.45, 2.75) is 69.1 Å². The molecule has 0 radical (unpaired) electrons. The molecule has 0 amide bonds. The van der Waals surface area contributed by atoms with Crippen LogP contribution in [-0.4, -0.2) is 44.8 Å². The van der Waals surface area contributed by atoms with Crippen molar-refractivity contribution in [2.24, 2.45) is 5.73 Å². The second-order valence-electron chi connectivity index (χ2n) is 11.9. The Labute approximate surface area is 282 Å². The molecule has 8 nitrogen and oxygen atoms in total. The monoisotopic (exact) mass is 681 g/mol. The molecule has 2 aliphatic carbocycles. The SMILES string of the molecule is CCOC(=O)c1cnc(CC2(c3cccc(Cl)c3F)CCC2)nc1.NCC(=O)c1cnc(CC2(c3cccc(Cl)c3F)CCC2)nc1. The maximum absolute atomic E-state index is 14.4. The van der Waals surface area contributed by atoms with Gasteiger partial charge in [-0.15, -0.1) is 0 Å². The molecule has 12 heteroatoms. The maximum Gasteiger partial charge on any atom is 0.341 e. The largest absolute Gasteiger partial charge is 0.462 e. The number of Topliss-reactive ketones (excluding diaryl/α,β-unsaturated/α-hetero) is 1. The van der Waals surface area contributed by atoms with E-state index < -0.39 is 5.97 Å². The number of rotatable bonds is 10. The van der Waals surface area contributed by atoms with Crippen LogP contribution in [0.4, 0.5) is 8.78 Å². The molecule has 2 N–H and O–H groups in total. The first-order valence-corrected chi connectivity index (χ1v) is 16.3. The Bertz CT molecular complexity index is 1730. The number of nitrogens with two attached hydrogens (primary N) is 1. The summed E-state index contributed by atoms with van der Waals surface area (Å²) in [6.07, 6.45) is 12.5. The van der Waals surface area contributed by atoms with E-state index >= 15 is 0 Å². The van der Waals surface area contributed by atoms with Crippen LogP contribution < -0.4 is 5.73 Å². The van der Waals surface area contributed by atoms with Crippen molar-refractivity contribution in [3.05, 3.63) is 117 Å². The highest BCUT2D eigenvalue weighted by atomic mass is 35.5. The van der Waals surface area contributed by atoms with Crippen LogP contribution in [0, 0.1) is 11.6 Å². The quantitative estimate of drug-likeness (QED) is 0.138. The fourth-order valence-electron chi connectivity index (χ4n) is 6.20. The number of carbonyl (C=O) groups is 2. The number of ether oxygens (including phenoxy) is 1. The average molecular weight is 683 g/mol. The second kappa shape index (κ2) is 14.9. The van der Waals surface area contributed by atoms with Crippen LogP contribution in [-0.2, 0) is 28.4 Å². The smallest absolute Gasteiger partial charge is 0.341 e. The number of ketones is 1. The molecule has 2 aromatic carbocycles. The third kappa shape index (κ3) is 7.50. The minimum atomic E-state index is -0.441. The van der Waals surface area contributed by atoms with E-state index in [4.69, 9.17) is 33.7 Å². The first-order chi connectivity index (χ1) is 22.6. The van der Waals surface area contributed by atoms with Gasteiger partial charge in [0, 0.05) is 48.5 Å². The maximum atomic E-state index is 14.4. The Kier molecular flexibility index (Phi) is 10.9. The molecule has 2 saturated carbocycles. The molecule has 2 aromatic heterocycles. The van der Waals surface area contributed by atoms with Crippen LogP contribution in [0.15, 0.2) is 61.2 Å². The van der Waals surface area contributed by atoms with Crippen molar-refractivity contribution >= 4 is 35.0 Å². The fraction of sp³-hybridized carbons (Fsp3) is 0.371. The molecule has 0 unspecified atom stereocenters. The molecule has 246 valence electrons. The highest BCUT2D eigenvalue weighted by Gasteiger charge is 2.43. The van der Waals surface area contributed by atoms with Gasteiger partial charge in [0.2, 0.25) is 0 Å². The lowest BCUT2D eigenvalue weighted by Gasteiger charge is -2.42. The average Bonchev–Trinajstić information content (AvgIpc) is 3.04. The number of halogens is 4. The molecular weight excluding hydrogens is 647 g/mol. The molecule has 4 aromatic rings. The Morgan fingerprint density at radius 1 is 0.766 bits per heavy atom. The van der Waals surface area contributed by atoms with Gasteiger partial charge in [0.1, 0.15) is 23.3 Å². The highest BCUT2D eigenvalue weighted by Crippen LogP contribution is 2.48. The summed E-state index contributed by atoms with van der Waals surface area (Å²) >= 11 is 11.9. The Morgan fingerprint density at radius 3 is 1.55 bits per heavy atom. The summed E-state index contributed by atoms with van der Waals surface area (Å²) in [6.45, 7) is 1.98. The fourth-order valence-corrected chi connectivity index (χ4v) is 6.54. The number of nitrogens with zero attached hydrogens (tertiary/aromatic N) is 4. The number of aromatic nitrogens is 4. The van der Waals surface area contributed by atoms with E-state index in [2.05, 4.69) is 19.9 Å². The summed E-state index contributed by atoms with van der Waals surface area (Å²) in [5.41, 5.74) is 6.66.